The molecular weight excluding hydrogens is 290 g/mol. The van der Waals surface area contributed by atoms with Gasteiger partial charge in [0, 0.05) is 6.54 Å². The Morgan fingerprint density at radius 3 is 2.81 bits per heavy atom. The highest BCUT2D eigenvalue weighted by Gasteiger charge is 2.33. The summed E-state index contributed by atoms with van der Waals surface area (Å²) >= 11 is 5.83. The number of aliphatic hydroxyl groups excluding tert-OH is 1. The minimum Gasteiger partial charge on any atom is -0.497 e. The Labute approximate surface area is 128 Å². The second-order valence-electron chi connectivity index (χ2n) is 5.04. The van der Waals surface area contributed by atoms with Crippen LogP contribution in [0.5, 0.6) is 5.75 Å². The molecule has 0 bridgehead atoms. The fourth-order valence-electron chi connectivity index (χ4n) is 2.65. The Kier molecular flexibility index (Phi) is 3.94. The largest absolute Gasteiger partial charge is 0.497 e. The Hall–Kier alpha value is -1.85. The molecule has 0 saturated carbocycles. The standard InChI is InChI=1S/C15H16ClN3O2/c1-21-13-4-2-3-10(5-13)14-6-12(20)9-19(14)15-17-7-11(16)8-18-15/h2-5,7-8,12,14,20H,6,9H2,1H3. The molecule has 0 spiro atoms. The quantitative estimate of drug-likeness (QED) is 0.944. The van der Waals surface area contributed by atoms with E-state index in [2.05, 4.69) is 9.97 Å². The lowest BCUT2D eigenvalue weighted by Crippen LogP contribution is -2.26. The fraction of sp³-hybridized carbons (Fsp3) is 0.333. The van der Waals surface area contributed by atoms with E-state index in [9.17, 15) is 5.11 Å². The summed E-state index contributed by atoms with van der Waals surface area (Å²) in [4.78, 5) is 10.5. The number of aromatic nitrogens is 2. The summed E-state index contributed by atoms with van der Waals surface area (Å²) in [6.45, 7) is 0.503. The molecule has 2 aromatic rings. The number of hydrogen-bond acceptors (Lipinski definition) is 5. The van der Waals surface area contributed by atoms with Crippen LogP contribution in [-0.4, -0.2) is 34.8 Å². The Bertz CT molecular complexity index is 621. The molecule has 6 heteroatoms. The van der Waals surface area contributed by atoms with Gasteiger partial charge in [-0.1, -0.05) is 23.7 Å². The number of β-amino-alcohol motifs (C(OH)–C–C–N with tert-alkyl or cyclic N) is 1. The van der Waals surface area contributed by atoms with Crippen molar-refractivity contribution in [3.05, 3.63) is 47.2 Å². The predicted molar refractivity (Wildman–Crippen MR) is 80.7 cm³/mol. The monoisotopic (exact) mass is 305 g/mol. The lowest BCUT2D eigenvalue weighted by molar-refractivity contribution is 0.194. The molecule has 3 rings (SSSR count). The third-order valence-electron chi connectivity index (χ3n) is 3.62. The van der Waals surface area contributed by atoms with Crippen LogP contribution in [-0.2, 0) is 0 Å². The van der Waals surface area contributed by atoms with Gasteiger partial charge < -0.3 is 14.7 Å². The molecule has 1 fully saturated rings. The topological polar surface area (TPSA) is 58.5 Å². The van der Waals surface area contributed by atoms with Crippen LogP contribution < -0.4 is 9.64 Å². The number of nitrogens with zero attached hydrogens (tertiary/aromatic N) is 3. The molecule has 1 aliphatic rings. The van der Waals surface area contributed by atoms with E-state index in [0.29, 0.717) is 23.9 Å². The first-order chi connectivity index (χ1) is 10.2. The molecule has 1 aliphatic heterocycles. The average molecular weight is 306 g/mol. The maximum absolute atomic E-state index is 10.0. The number of ether oxygens (including phenoxy) is 1. The Morgan fingerprint density at radius 2 is 2.10 bits per heavy atom. The Balaban J connectivity index is 1.93. The van der Waals surface area contributed by atoms with Crippen molar-refractivity contribution in [2.75, 3.05) is 18.6 Å². The second kappa shape index (κ2) is 5.87. The van der Waals surface area contributed by atoms with Crippen LogP contribution in [0.1, 0.15) is 18.0 Å². The Morgan fingerprint density at radius 1 is 1.33 bits per heavy atom. The van der Waals surface area contributed by atoms with Crippen molar-refractivity contribution in [1.82, 2.24) is 9.97 Å². The molecule has 21 heavy (non-hydrogen) atoms. The number of methoxy groups -OCH3 is 1. The average Bonchev–Trinajstić information content (AvgIpc) is 2.90. The van der Waals surface area contributed by atoms with Crippen molar-refractivity contribution in [2.45, 2.75) is 18.6 Å². The molecule has 0 amide bonds. The molecule has 2 atom stereocenters. The SMILES string of the molecule is COc1cccc(C2CC(O)CN2c2ncc(Cl)cn2)c1. The van der Waals surface area contributed by atoms with Gasteiger partial charge >= 0.3 is 0 Å². The first-order valence-electron chi connectivity index (χ1n) is 6.73. The summed E-state index contributed by atoms with van der Waals surface area (Å²) in [5.41, 5.74) is 1.07. The molecule has 110 valence electrons. The highest BCUT2D eigenvalue weighted by atomic mass is 35.5. The van der Waals surface area contributed by atoms with E-state index < -0.39 is 6.10 Å². The third-order valence-corrected chi connectivity index (χ3v) is 3.82. The van der Waals surface area contributed by atoms with E-state index >= 15 is 0 Å². The van der Waals surface area contributed by atoms with Crippen LogP contribution in [0.25, 0.3) is 0 Å². The van der Waals surface area contributed by atoms with Gasteiger partial charge in [0.2, 0.25) is 5.95 Å². The zero-order valence-electron chi connectivity index (χ0n) is 11.6. The number of anilines is 1. The number of rotatable bonds is 3. The zero-order valence-corrected chi connectivity index (χ0v) is 12.4. The van der Waals surface area contributed by atoms with Crippen LogP contribution in [0.15, 0.2) is 36.7 Å². The van der Waals surface area contributed by atoms with E-state index in [1.807, 2.05) is 29.2 Å². The van der Waals surface area contributed by atoms with E-state index in [0.717, 1.165) is 11.3 Å². The van der Waals surface area contributed by atoms with Gasteiger partial charge in [-0.15, -0.1) is 0 Å². The van der Waals surface area contributed by atoms with Crippen molar-refractivity contribution < 1.29 is 9.84 Å². The summed E-state index contributed by atoms with van der Waals surface area (Å²) < 4.78 is 5.27. The number of hydrogen-bond donors (Lipinski definition) is 1. The summed E-state index contributed by atoms with van der Waals surface area (Å²) in [5, 5.41) is 10.5. The van der Waals surface area contributed by atoms with E-state index in [-0.39, 0.29) is 6.04 Å². The van der Waals surface area contributed by atoms with Crippen molar-refractivity contribution in [3.8, 4) is 5.75 Å². The van der Waals surface area contributed by atoms with Crippen molar-refractivity contribution in [2.24, 2.45) is 0 Å². The molecule has 2 unspecified atom stereocenters. The fourth-order valence-corrected chi connectivity index (χ4v) is 2.75. The van der Waals surface area contributed by atoms with Crippen LogP contribution in [0.4, 0.5) is 5.95 Å². The lowest BCUT2D eigenvalue weighted by Gasteiger charge is -2.24. The molecule has 0 radical (unpaired) electrons. The summed E-state index contributed by atoms with van der Waals surface area (Å²) in [6.07, 6.45) is 3.37. The van der Waals surface area contributed by atoms with Gasteiger partial charge in [0.05, 0.1) is 36.7 Å². The van der Waals surface area contributed by atoms with Gasteiger partial charge in [-0.3, -0.25) is 0 Å². The minimum atomic E-state index is -0.402. The molecular formula is C15H16ClN3O2. The number of halogens is 1. The highest BCUT2D eigenvalue weighted by Crippen LogP contribution is 2.35. The molecule has 1 N–H and O–H groups in total. The smallest absolute Gasteiger partial charge is 0.225 e. The molecule has 1 aromatic carbocycles. The van der Waals surface area contributed by atoms with Gasteiger partial charge in [0.25, 0.3) is 0 Å². The van der Waals surface area contributed by atoms with Gasteiger partial charge in [0.1, 0.15) is 5.75 Å². The maximum atomic E-state index is 10.0. The van der Waals surface area contributed by atoms with Gasteiger partial charge in [-0.25, -0.2) is 9.97 Å². The number of aliphatic hydroxyl groups is 1. The summed E-state index contributed by atoms with van der Waals surface area (Å²) in [7, 11) is 1.64. The zero-order chi connectivity index (χ0) is 14.8. The second-order valence-corrected chi connectivity index (χ2v) is 5.47. The van der Waals surface area contributed by atoms with E-state index in [1.165, 1.54) is 0 Å². The van der Waals surface area contributed by atoms with Gasteiger partial charge in [-0.2, -0.15) is 0 Å². The lowest BCUT2D eigenvalue weighted by atomic mass is 10.0. The minimum absolute atomic E-state index is 0.0243. The first-order valence-corrected chi connectivity index (χ1v) is 7.11. The number of benzene rings is 1. The first kappa shape index (κ1) is 14.1. The predicted octanol–water partition coefficient (Wildman–Crippen LogP) is 2.45. The van der Waals surface area contributed by atoms with E-state index in [4.69, 9.17) is 16.3 Å². The summed E-state index contributed by atoms with van der Waals surface area (Å²) in [6, 6.07) is 7.87. The van der Waals surface area contributed by atoms with Crippen LogP contribution in [0.3, 0.4) is 0 Å². The highest BCUT2D eigenvalue weighted by molar-refractivity contribution is 6.30. The van der Waals surface area contributed by atoms with Gasteiger partial charge in [-0.05, 0) is 24.1 Å². The normalized spacial score (nSPS) is 21.6. The van der Waals surface area contributed by atoms with Crippen LogP contribution >= 0.6 is 11.6 Å². The van der Waals surface area contributed by atoms with Crippen LogP contribution in [0.2, 0.25) is 5.02 Å². The third kappa shape index (κ3) is 2.94. The van der Waals surface area contributed by atoms with Crippen molar-refractivity contribution in [3.63, 3.8) is 0 Å². The van der Waals surface area contributed by atoms with E-state index in [1.54, 1.807) is 19.5 Å². The molecule has 1 saturated heterocycles. The maximum Gasteiger partial charge on any atom is 0.225 e. The van der Waals surface area contributed by atoms with Crippen molar-refractivity contribution in [1.29, 1.82) is 0 Å². The summed E-state index contributed by atoms with van der Waals surface area (Å²) in [5.74, 6) is 1.37. The molecule has 1 aromatic heterocycles. The van der Waals surface area contributed by atoms with Crippen LogP contribution in [0, 0.1) is 0 Å². The van der Waals surface area contributed by atoms with Crippen molar-refractivity contribution >= 4 is 17.5 Å². The molecule has 0 aliphatic carbocycles. The molecule has 2 heterocycles. The van der Waals surface area contributed by atoms with Gasteiger partial charge in [0.15, 0.2) is 0 Å². The molecule has 5 nitrogen and oxygen atoms in total.